The molecule has 8 heteroatoms. The van der Waals surface area contributed by atoms with Crippen LogP contribution in [0.3, 0.4) is 0 Å². The summed E-state index contributed by atoms with van der Waals surface area (Å²) in [6.07, 6.45) is 0. The molecule has 0 spiro atoms. The molecule has 1 saturated heterocycles. The summed E-state index contributed by atoms with van der Waals surface area (Å²) in [7, 11) is -3.63. The maximum Gasteiger partial charge on any atom is 0.336 e. The average Bonchev–Trinajstić information content (AvgIpc) is 2.68. The number of halogens is 1. The summed E-state index contributed by atoms with van der Waals surface area (Å²) in [5.74, 6) is 0. The van der Waals surface area contributed by atoms with E-state index in [1.807, 2.05) is 24.3 Å². The van der Waals surface area contributed by atoms with E-state index < -0.39 is 15.6 Å². The number of hydrogen-bond acceptors (Lipinski definition) is 5. The van der Waals surface area contributed by atoms with Crippen molar-refractivity contribution < 1.29 is 12.8 Å². The van der Waals surface area contributed by atoms with Crippen LogP contribution >= 0.6 is 11.6 Å². The third kappa shape index (κ3) is 3.45. The van der Waals surface area contributed by atoms with E-state index in [4.69, 9.17) is 16.0 Å². The summed E-state index contributed by atoms with van der Waals surface area (Å²) in [5.41, 5.74) is 0.815. The van der Waals surface area contributed by atoms with Gasteiger partial charge < -0.3 is 9.32 Å². The second kappa shape index (κ2) is 6.99. The molecule has 0 saturated carbocycles. The fourth-order valence-electron chi connectivity index (χ4n) is 3.24. The van der Waals surface area contributed by atoms with Crippen LogP contribution in [0, 0.1) is 0 Å². The van der Waals surface area contributed by atoms with Crippen molar-refractivity contribution in [2.75, 3.05) is 31.1 Å². The molecule has 0 unspecified atom stereocenters. The number of hydrogen-bond donors (Lipinski definition) is 0. The minimum atomic E-state index is -3.63. The zero-order valence-corrected chi connectivity index (χ0v) is 15.9. The fraction of sp³-hybridized carbons (Fsp3) is 0.211. The van der Waals surface area contributed by atoms with E-state index in [0.717, 1.165) is 5.69 Å². The number of sulfonamides is 1. The first kappa shape index (κ1) is 18.0. The molecule has 1 fully saturated rings. The SMILES string of the molecule is O=c1ccc2cc(S(=O)(=O)N3CCN(c4ccccc4Cl)CC3)ccc2o1. The van der Waals surface area contributed by atoms with E-state index >= 15 is 0 Å². The highest BCUT2D eigenvalue weighted by Crippen LogP contribution is 2.28. The Morgan fingerprint density at radius 1 is 0.926 bits per heavy atom. The van der Waals surface area contributed by atoms with Gasteiger partial charge in [0.1, 0.15) is 5.58 Å². The zero-order chi connectivity index (χ0) is 19.0. The first-order valence-corrected chi connectivity index (χ1v) is 10.3. The monoisotopic (exact) mass is 404 g/mol. The Balaban J connectivity index is 1.56. The molecule has 4 rings (SSSR count). The second-order valence-corrected chi connectivity index (χ2v) is 8.64. The van der Waals surface area contributed by atoms with Gasteiger partial charge in [0.05, 0.1) is 15.6 Å². The Hall–Kier alpha value is -2.35. The van der Waals surface area contributed by atoms with E-state index in [1.165, 1.54) is 28.6 Å². The number of nitrogens with zero attached hydrogens (tertiary/aromatic N) is 2. The quantitative estimate of drug-likeness (QED) is 0.627. The predicted molar refractivity (Wildman–Crippen MR) is 105 cm³/mol. The second-order valence-electron chi connectivity index (χ2n) is 6.30. The first-order valence-electron chi connectivity index (χ1n) is 8.49. The molecule has 2 aromatic carbocycles. The van der Waals surface area contributed by atoms with Gasteiger partial charge in [-0.25, -0.2) is 13.2 Å². The van der Waals surface area contributed by atoms with Crippen LogP contribution in [0.5, 0.6) is 0 Å². The lowest BCUT2D eigenvalue weighted by molar-refractivity contribution is 0.385. The Bertz CT molecular complexity index is 1150. The minimum absolute atomic E-state index is 0.190. The number of rotatable bonds is 3. The number of benzene rings is 2. The van der Waals surface area contributed by atoms with Gasteiger partial charge in [-0.05, 0) is 36.4 Å². The molecule has 6 nitrogen and oxygen atoms in total. The van der Waals surface area contributed by atoms with Gasteiger partial charge in [-0.2, -0.15) is 4.31 Å². The number of piperazine rings is 1. The van der Waals surface area contributed by atoms with E-state index in [0.29, 0.717) is 42.2 Å². The topological polar surface area (TPSA) is 70.8 Å². The van der Waals surface area contributed by atoms with Crippen molar-refractivity contribution >= 4 is 38.3 Å². The highest BCUT2D eigenvalue weighted by atomic mass is 35.5. The van der Waals surface area contributed by atoms with Crippen LogP contribution < -0.4 is 10.5 Å². The number of fused-ring (bicyclic) bond motifs is 1. The summed E-state index contributed by atoms with van der Waals surface area (Å²) in [4.78, 5) is 13.6. The van der Waals surface area contributed by atoms with E-state index in [2.05, 4.69) is 4.90 Å². The van der Waals surface area contributed by atoms with E-state index in [1.54, 1.807) is 6.07 Å². The molecule has 0 bridgehead atoms. The lowest BCUT2D eigenvalue weighted by Crippen LogP contribution is -2.48. The predicted octanol–water partition coefficient (Wildman–Crippen LogP) is 2.96. The fourth-order valence-corrected chi connectivity index (χ4v) is 4.95. The van der Waals surface area contributed by atoms with Gasteiger partial charge in [-0.3, -0.25) is 0 Å². The molecule has 0 N–H and O–H groups in total. The molecule has 1 aromatic heterocycles. The summed E-state index contributed by atoms with van der Waals surface area (Å²) >= 11 is 6.24. The van der Waals surface area contributed by atoms with Crippen molar-refractivity contribution in [3.05, 3.63) is 70.0 Å². The van der Waals surface area contributed by atoms with Gasteiger partial charge in [0.2, 0.25) is 10.0 Å². The number of anilines is 1. The molecule has 0 aliphatic carbocycles. The van der Waals surface area contributed by atoms with Gasteiger partial charge in [0, 0.05) is 37.6 Å². The van der Waals surface area contributed by atoms with Crippen molar-refractivity contribution in [1.82, 2.24) is 4.31 Å². The van der Waals surface area contributed by atoms with Crippen LogP contribution in [0.4, 0.5) is 5.69 Å². The summed E-state index contributed by atoms with van der Waals surface area (Å²) in [6, 6.07) is 14.9. The van der Waals surface area contributed by atoms with Crippen molar-refractivity contribution in [2.45, 2.75) is 4.90 Å². The first-order chi connectivity index (χ1) is 12.9. The van der Waals surface area contributed by atoms with Crippen molar-refractivity contribution in [2.24, 2.45) is 0 Å². The minimum Gasteiger partial charge on any atom is -0.423 e. The van der Waals surface area contributed by atoms with Gasteiger partial charge in [0.15, 0.2) is 0 Å². The highest BCUT2D eigenvalue weighted by Gasteiger charge is 2.29. The standard InChI is InChI=1S/C19H17ClN2O4S/c20-16-3-1-2-4-17(16)21-9-11-22(12-10-21)27(24,25)15-6-7-18-14(13-15)5-8-19(23)26-18/h1-8,13H,9-12H2. The van der Waals surface area contributed by atoms with Gasteiger partial charge >= 0.3 is 5.63 Å². The van der Waals surface area contributed by atoms with Crippen LogP contribution in [-0.4, -0.2) is 38.9 Å². The van der Waals surface area contributed by atoms with Crippen LogP contribution in [-0.2, 0) is 10.0 Å². The maximum atomic E-state index is 13.0. The molecule has 27 heavy (non-hydrogen) atoms. The molecular weight excluding hydrogens is 388 g/mol. The van der Waals surface area contributed by atoms with Crippen molar-refractivity contribution in [3.8, 4) is 0 Å². The van der Waals surface area contributed by atoms with Crippen LogP contribution in [0.1, 0.15) is 0 Å². The molecule has 0 atom stereocenters. The van der Waals surface area contributed by atoms with Crippen LogP contribution in [0.25, 0.3) is 11.0 Å². The third-order valence-corrected chi connectivity index (χ3v) is 6.87. The number of para-hydroxylation sites is 1. The van der Waals surface area contributed by atoms with Gasteiger partial charge in [-0.1, -0.05) is 23.7 Å². The van der Waals surface area contributed by atoms with E-state index in [-0.39, 0.29) is 4.90 Å². The third-order valence-electron chi connectivity index (χ3n) is 4.66. The van der Waals surface area contributed by atoms with Crippen LogP contribution in [0.15, 0.2) is 68.7 Å². The van der Waals surface area contributed by atoms with Crippen molar-refractivity contribution in [3.63, 3.8) is 0 Å². The smallest absolute Gasteiger partial charge is 0.336 e. The normalized spacial score (nSPS) is 16.0. The van der Waals surface area contributed by atoms with Gasteiger partial charge in [0.25, 0.3) is 0 Å². The lowest BCUT2D eigenvalue weighted by Gasteiger charge is -2.35. The maximum absolute atomic E-state index is 13.0. The Kier molecular flexibility index (Phi) is 4.67. The Labute approximate surface area is 161 Å². The summed E-state index contributed by atoms with van der Waals surface area (Å²) in [5, 5.41) is 1.23. The molecule has 140 valence electrons. The van der Waals surface area contributed by atoms with Crippen molar-refractivity contribution in [1.29, 1.82) is 0 Å². The van der Waals surface area contributed by atoms with Crippen LogP contribution in [0.2, 0.25) is 5.02 Å². The summed E-state index contributed by atoms with van der Waals surface area (Å²) in [6.45, 7) is 1.86. The highest BCUT2D eigenvalue weighted by molar-refractivity contribution is 7.89. The lowest BCUT2D eigenvalue weighted by atomic mass is 10.2. The Morgan fingerprint density at radius 3 is 2.41 bits per heavy atom. The van der Waals surface area contributed by atoms with E-state index in [9.17, 15) is 13.2 Å². The summed E-state index contributed by atoms with van der Waals surface area (Å²) < 4.78 is 32.5. The zero-order valence-electron chi connectivity index (χ0n) is 14.3. The molecule has 2 heterocycles. The molecule has 1 aliphatic rings. The molecule has 3 aromatic rings. The van der Waals surface area contributed by atoms with Gasteiger partial charge in [-0.15, -0.1) is 0 Å². The molecule has 0 amide bonds. The Morgan fingerprint density at radius 2 is 1.67 bits per heavy atom. The molecular formula is C19H17ClN2O4S. The average molecular weight is 405 g/mol. The molecule has 0 radical (unpaired) electrons. The largest absolute Gasteiger partial charge is 0.423 e. The molecule has 1 aliphatic heterocycles.